The van der Waals surface area contributed by atoms with E-state index in [1.54, 1.807) is 0 Å². The van der Waals surface area contributed by atoms with Crippen molar-refractivity contribution in [2.24, 2.45) is 0 Å². The predicted octanol–water partition coefficient (Wildman–Crippen LogP) is 5.88. The van der Waals surface area contributed by atoms with Gasteiger partial charge < -0.3 is 0 Å². The maximum Gasteiger partial charge on any atom is 0.0216 e. The van der Waals surface area contributed by atoms with Crippen LogP contribution in [0.4, 0.5) is 0 Å². The first-order valence-corrected chi connectivity index (χ1v) is 7.66. The summed E-state index contributed by atoms with van der Waals surface area (Å²) in [6, 6.07) is 13.5. The average molecular weight is 315 g/mol. The Kier molecular flexibility index (Phi) is 2.86. The van der Waals surface area contributed by atoms with Crippen molar-refractivity contribution in [1.82, 2.24) is 0 Å². The second kappa shape index (κ2) is 4.21. The maximum atomic E-state index is 3.74. The van der Waals surface area contributed by atoms with Crippen molar-refractivity contribution in [3.05, 3.63) is 57.6 Å². The van der Waals surface area contributed by atoms with E-state index in [2.05, 4.69) is 80.0 Å². The standard InChI is InChI=1S/C18H19Br/c1-11(2)13-9-16-14(10-17(13)19)12-7-5-6-8-15(12)18(16,3)4/h5-11H,1-4H3. The molecule has 0 atom stereocenters. The van der Waals surface area contributed by atoms with Crippen molar-refractivity contribution in [3.63, 3.8) is 0 Å². The number of benzene rings is 2. The molecule has 2 aromatic rings. The fourth-order valence-electron chi connectivity index (χ4n) is 3.18. The first-order valence-electron chi connectivity index (χ1n) is 6.86. The molecule has 0 unspecified atom stereocenters. The lowest BCUT2D eigenvalue weighted by molar-refractivity contribution is 0.657. The second-order valence-corrected chi connectivity index (χ2v) is 7.10. The van der Waals surface area contributed by atoms with Crippen LogP contribution in [-0.4, -0.2) is 0 Å². The number of hydrogen-bond donors (Lipinski definition) is 0. The number of halogens is 1. The van der Waals surface area contributed by atoms with Crippen LogP contribution in [0.1, 0.15) is 50.3 Å². The molecule has 0 saturated heterocycles. The van der Waals surface area contributed by atoms with Crippen LogP contribution in [0.5, 0.6) is 0 Å². The molecule has 0 nitrogen and oxygen atoms in total. The summed E-state index contributed by atoms with van der Waals surface area (Å²) in [7, 11) is 0. The molecule has 0 bridgehead atoms. The molecule has 1 aliphatic rings. The molecule has 0 heterocycles. The zero-order chi connectivity index (χ0) is 13.8. The Hall–Kier alpha value is -1.08. The molecule has 2 aromatic carbocycles. The quantitative estimate of drug-likeness (QED) is 0.616. The van der Waals surface area contributed by atoms with Crippen LogP contribution in [0.3, 0.4) is 0 Å². The highest BCUT2D eigenvalue weighted by Crippen LogP contribution is 2.50. The molecule has 1 heteroatoms. The first-order chi connectivity index (χ1) is 8.93. The molecule has 0 aliphatic heterocycles. The van der Waals surface area contributed by atoms with Gasteiger partial charge in [-0.2, -0.15) is 0 Å². The molecular formula is C18H19Br. The first kappa shape index (κ1) is 12.9. The van der Waals surface area contributed by atoms with Gasteiger partial charge in [0.2, 0.25) is 0 Å². The molecule has 3 rings (SSSR count). The number of hydrogen-bond acceptors (Lipinski definition) is 0. The summed E-state index contributed by atoms with van der Waals surface area (Å²) in [6.45, 7) is 9.16. The lowest BCUT2D eigenvalue weighted by Crippen LogP contribution is -2.15. The van der Waals surface area contributed by atoms with Crippen LogP contribution in [0.15, 0.2) is 40.9 Å². The summed E-state index contributed by atoms with van der Waals surface area (Å²) in [6.07, 6.45) is 0. The van der Waals surface area contributed by atoms with E-state index in [1.807, 2.05) is 0 Å². The van der Waals surface area contributed by atoms with Gasteiger partial charge in [0.1, 0.15) is 0 Å². The molecule has 0 fully saturated rings. The fraction of sp³-hybridized carbons (Fsp3) is 0.333. The summed E-state index contributed by atoms with van der Waals surface area (Å²) < 4.78 is 1.23. The Balaban J connectivity index is 2.33. The Bertz CT molecular complexity index is 651. The van der Waals surface area contributed by atoms with Crippen molar-refractivity contribution < 1.29 is 0 Å². The molecule has 0 amide bonds. The monoisotopic (exact) mass is 314 g/mol. The van der Waals surface area contributed by atoms with Crippen LogP contribution in [-0.2, 0) is 5.41 Å². The topological polar surface area (TPSA) is 0 Å². The van der Waals surface area contributed by atoms with Gasteiger partial charge in [-0.05, 0) is 39.8 Å². The van der Waals surface area contributed by atoms with Crippen molar-refractivity contribution in [2.45, 2.75) is 39.0 Å². The summed E-state index contributed by atoms with van der Waals surface area (Å²) in [5, 5.41) is 0. The van der Waals surface area contributed by atoms with E-state index in [-0.39, 0.29) is 5.41 Å². The fourth-order valence-corrected chi connectivity index (χ4v) is 3.98. The van der Waals surface area contributed by atoms with Gasteiger partial charge in [-0.25, -0.2) is 0 Å². The van der Waals surface area contributed by atoms with Crippen LogP contribution >= 0.6 is 15.9 Å². The maximum absolute atomic E-state index is 3.74. The molecule has 0 radical (unpaired) electrons. The van der Waals surface area contributed by atoms with E-state index in [1.165, 1.54) is 32.3 Å². The highest BCUT2D eigenvalue weighted by molar-refractivity contribution is 9.10. The largest absolute Gasteiger partial charge is 0.0619 e. The van der Waals surface area contributed by atoms with Crippen molar-refractivity contribution >= 4 is 15.9 Å². The van der Waals surface area contributed by atoms with Gasteiger partial charge in [0, 0.05) is 9.89 Å². The van der Waals surface area contributed by atoms with E-state index in [9.17, 15) is 0 Å². The lowest BCUT2D eigenvalue weighted by atomic mass is 9.81. The van der Waals surface area contributed by atoms with Gasteiger partial charge in [-0.3, -0.25) is 0 Å². The van der Waals surface area contributed by atoms with Crippen LogP contribution in [0, 0.1) is 0 Å². The van der Waals surface area contributed by atoms with E-state index < -0.39 is 0 Å². The summed E-state index contributed by atoms with van der Waals surface area (Å²) in [5.74, 6) is 0.541. The molecule has 0 N–H and O–H groups in total. The van der Waals surface area contributed by atoms with Crippen LogP contribution in [0.25, 0.3) is 11.1 Å². The van der Waals surface area contributed by atoms with E-state index >= 15 is 0 Å². The molecular weight excluding hydrogens is 296 g/mol. The Morgan fingerprint density at radius 3 is 2.32 bits per heavy atom. The SMILES string of the molecule is CC(C)c1cc2c(cc1Br)-c1ccccc1C2(C)C. The average Bonchev–Trinajstić information content (AvgIpc) is 2.58. The zero-order valence-electron chi connectivity index (χ0n) is 11.9. The molecule has 1 aliphatic carbocycles. The highest BCUT2D eigenvalue weighted by Gasteiger charge is 2.35. The molecule has 0 saturated carbocycles. The Labute approximate surface area is 124 Å². The van der Waals surface area contributed by atoms with Gasteiger partial charge in [0.15, 0.2) is 0 Å². The molecule has 98 valence electrons. The Morgan fingerprint density at radius 1 is 0.947 bits per heavy atom. The second-order valence-electron chi connectivity index (χ2n) is 6.24. The molecule has 19 heavy (non-hydrogen) atoms. The minimum atomic E-state index is 0.107. The van der Waals surface area contributed by atoms with Gasteiger partial charge in [0.05, 0.1) is 0 Å². The van der Waals surface area contributed by atoms with E-state index in [4.69, 9.17) is 0 Å². The zero-order valence-corrected chi connectivity index (χ0v) is 13.5. The lowest BCUT2D eigenvalue weighted by Gasteiger charge is -2.23. The third-order valence-electron chi connectivity index (χ3n) is 4.32. The predicted molar refractivity (Wildman–Crippen MR) is 85.8 cm³/mol. The van der Waals surface area contributed by atoms with E-state index in [0.29, 0.717) is 5.92 Å². The highest BCUT2D eigenvalue weighted by atomic mass is 79.9. The van der Waals surface area contributed by atoms with Gasteiger partial charge >= 0.3 is 0 Å². The normalized spacial score (nSPS) is 15.5. The number of rotatable bonds is 1. The minimum Gasteiger partial charge on any atom is -0.0619 e. The van der Waals surface area contributed by atoms with Crippen molar-refractivity contribution in [1.29, 1.82) is 0 Å². The van der Waals surface area contributed by atoms with Gasteiger partial charge in [-0.15, -0.1) is 0 Å². The minimum absolute atomic E-state index is 0.107. The van der Waals surface area contributed by atoms with Gasteiger partial charge in [-0.1, -0.05) is 74.0 Å². The Morgan fingerprint density at radius 2 is 1.63 bits per heavy atom. The van der Waals surface area contributed by atoms with Crippen molar-refractivity contribution in [3.8, 4) is 11.1 Å². The molecule has 0 aromatic heterocycles. The van der Waals surface area contributed by atoms with Crippen LogP contribution in [0.2, 0.25) is 0 Å². The van der Waals surface area contributed by atoms with Gasteiger partial charge in [0.25, 0.3) is 0 Å². The van der Waals surface area contributed by atoms with E-state index in [0.717, 1.165) is 0 Å². The van der Waals surface area contributed by atoms with Crippen molar-refractivity contribution in [2.75, 3.05) is 0 Å². The molecule has 0 spiro atoms. The smallest absolute Gasteiger partial charge is 0.0216 e. The summed E-state index contributed by atoms with van der Waals surface area (Å²) in [4.78, 5) is 0. The summed E-state index contributed by atoms with van der Waals surface area (Å²) >= 11 is 3.74. The third kappa shape index (κ3) is 1.79. The third-order valence-corrected chi connectivity index (χ3v) is 5.01. The number of fused-ring (bicyclic) bond motifs is 3. The summed E-state index contributed by atoms with van der Waals surface area (Å²) in [5.41, 5.74) is 7.18. The van der Waals surface area contributed by atoms with Crippen LogP contribution < -0.4 is 0 Å².